The summed E-state index contributed by atoms with van der Waals surface area (Å²) in [6.45, 7) is 1.58. The van der Waals surface area contributed by atoms with Gasteiger partial charge in [-0.3, -0.25) is 4.79 Å². The van der Waals surface area contributed by atoms with E-state index in [2.05, 4.69) is 5.32 Å². The van der Waals surface area contributed by atoms with Gasteiger partial charge < -0.3 is 19.9 Å². The third-order valence-electron chi connectivity index (χ3n) is 4.26. The topological polar surface area (TPSA) is 61.9 Å². The number of anilines is 3. The lowest BCUT2D eigenvalue weighted by Crippen LogP contribution is -2.34. The molecule has 2 aromatic rings. The first kappa shape index (κ1) is 18.2. The molecule has 1 N–H and O–H groups in total. The molecule has 26 heavy (non-hydrogen) atoms. The number of benzene rings is 1. The normalized spacial score (nSPS) is 13.8. The standard InChI is InChI=1S/C18H20FN3O3S/c1-21-7-3-8-22(14-5-4-12(19)10-15(14)21)11-16(23)20-13-6-9-26-17(13)18(24)25-2/h4-6,9-10H,3,7-8,11H2,1-2H3,(H,20,23). The van der Waals surface area contributed by atoms with Gasteiger partial charge in [-0.1, -0.05) is 0 Å². The molecule has 6 nitrogen and oxygen atoms in total. The monoisotopic (exact) mass is 377 g/mol. The van der Waals surface area contributed by atoms with E-state index in [0.717, 1.165) is 24.3 Å². The fourth-order valence-corrected chi connectivity index (χ4v) is 3.76. The van der Waals surface area contributed by atoms with Crippen LogP contribution in [-0.4, -0.2) is 45.7 Å². The lowest BCUT2D eigenvalue weighted by molar-refractivity contribution is -0.115. The van der Waals surface area contributed by atoms with E-state index in [-0.39, 0.29) is 18.3 Å². The first-order valence-corrected chi connectivity index (χ1v) is 9.09. The first-order chi connectivity index (χ1) is 12.5. The molecule has 0 fully saturated rings. The highest BCUT2D eigenvalue weighted by atomic mass is 32.1. The zero-order valence-electron chi connectivity index (χ0n) is 14.6. The Hall–Kier alpha value is -2.61. The summed E-state index contributed by atoms with van der Waals surface area (Å²) in [6.07, 6.45) is 0.853. The van der Waals surface area contributed by atoms with Gasteiger partial charge in [0.25, 0.3) is 0 Å². The van der Waals surface area contributed by atoms with Crippen LogP contribution >= 0.6 is 11.3 Å². The largest absolute Gasteiger partial charge is 0.465 e. The second kappa shape index (κ2) is 7.74. The summed E-state index contributed by atoms with van der Waals surface area (Å²) in [4.78, 5) is 28.5. The smallest absolute Gasteiger partial charge is 0.350 e. The van der Waals surface area contributed by atoms with E-state index < -0.39 is 5.97 Å². The Morgan fingerprint density at radius 1 is 1.27 bits per heavy atom. The van der Waals surface area contributed by atoms with Crippen LogP contribution in [-0.2, 0) is 9.53 Å². The van der Waals surface area contributed by atoms with E-state index in [1.54, 1.807) is 17.5 Å². The van der Waals surface area contributed by atoms with Gasteiger partial charge in [-0.05, 0) is 36.1 Å². The van der Waals surface area contributed by atoms with Crippen molar-refractivity contribution in [2.45, 2.75) is 6.42 Å². The van der Waals surface area contributed by atoms with Gasteiger partial charge in [0.2, 0.25) is 5.91 Å². The molecule has 0 aliphatic carbocycles. The van der Waals surface area contributed by atoms with Crippen LogP contribution in [0.1, 0.15) is 16.1 Å². The average Bonchev–Trinajstić information content (AvgIpc) is 3.02. The van der Waals surface area contributed by atoms with Gasteiger partial charge in [0.1, 0.15) is 10.7 Å². The number of carbonyl (C=O) groups is 2. The Bertz CT molecular complexity index is 824. The van der Waals surface area contributed by atoms with Gasteiger partial charge in [0.05, 0.1) is 30.7 Å². The highest BCUT2D eigenvalue weighted by Crippen LogP contribution is 2.32. The third-order valence-corrected chi connectivity index (χ3v) is 5.15. The zero-order valence-corrected chi connectivity index (χ0v) is 15.4. The molecule has 0 radical (unpaired) electrons. The number of methoxy groups -OCH3 is 1. The van der Waals surface area contributed by atoms with E-state index in [9.17, 15) is 14.0 Å². The summed E-state index contributed by atoms with van der Waals surface area (Å²) in [6, 6.07) is 6.26. The minimum atomic E-state index is -0.479. The molecule has 1 aromatic heterocycles. The van der Waals surface area contributed by atoms with Gasteiger partial charge in [-0.15, -0.1) is 11.3 Å². The summed E-state index contributed by atoms with van der Waals surface area (Å²) in [7, 11) is 3.22. The second-order valence-electron chi connectivity index (χ2n) is 6.03. The number of nitrogens with one attached hydrogen (secondary N) is 1. The SMILES string of the molecule is COC(=O)c1sccc1NC(=O)CN1CCCN(C)c2cc(F)ccc21. The van der Waals surface area contributed by atoms with Gasteiger partial charge in [0.15, 0.2) is 0 Å². The molecule has 1 amide bonds. The van der Waals surface area contributed by atoms with E-state index in [0.29, 0.717) is 17.1 Å². The van der Waals surface area contributed by atoms with Crippen molar-refractivity contribution in [1.82, 2.24) is 0 Å². The molecular formula is C18H20FN3O3S. The number of hydrogen-bond acceptors (Lipinski definition) is 6. The van der Waals surface area contributed by atoms with Crippen LogP contribution in [0.3, 0.4) is 0 Å². The highest BCUT2D eigenvalue weighted by Gasteiger charge is 2.22. The maximum absolute atomic E-state index is 13.6. The molecule has 0 saturated heterocycles. The van der Waals surface area contributed by atoms with Crippen molar-refractivity contribution in [2.24, 2.45) is 0 Å². The van der Waals surface area contributed by atoms with Crippen LogP contribution < -0.4 is 15.1 Å². The summed E-state index contributed by atoms with van der Waals surface area (Å²) < 4.78 is 18.4. The highest BCUT2D eigenvalue weighted by molar-refractivity contribution is 7.12. The maximum Gasteiger partial charge on any atom is 0.350 e. The van der Waals surface area contributed by atoms with Crippen molar-refractivity contribution >= 4 is 40.3 Å². The molecule has 8 heteroatoms. The fraction of sp³-hybridized carbons (Fsp3) is 0.333. The van der Waals surface area contributed by atoms with Crippen molar-refractivity contribution in [3.8, 4) is 0 Å². The van der Waals surface area contributed by atoms with E-state index >= 15 is 0 Å². The van der Waals surface area contributed by atoms with Crippen LogP contribution in [0.4, 0.5) is 21.5 Å². The van der Waals surface area contributed by atoms with Crippen LogP contribution in [0.5, 0.6) is 0 Å². The van der Waals surface area contributed by atoms with Crippen LogP contribution in [0.25, 0.3) is 0 Å². The Morgan fingerprint density at radius 3 is 2.85 bits per heavy atom. The molecule has 0 spiro atoms. The van der Waals surface area contributed by atoms with E-state index in [1.807, 2.05) is 16.8 Å². The minimum Gasteiger partial charge on any atom is -0.465 e. The lowest BCUT2D eigenvalue weighted by atomic mass is 10.2. The quantitative estimate of drug-likeness (QED) is 0.830. The van der Waals surface area contributed by atoms with Crippen molar-refractivity contribution in [3.63, 3.8) is 0 Å². The summed E-state index contributed by atoms with van der Waals surface area (Å²) >= 11 is 1.21. The Balaban J connectivity index is 1.77. The number of amides is 1. The molecule has 0 saturated carbocycles. The average molecular weight is 377 g/mol. The number of nitrogens with zero attached hydrogens (tertiary/aromatic N) is 2. The summed E-state index contributed by atoms with van der Waals surface area (Å²) in [5.41, 5.74) is 2.03. The number of rotatable bonds is 4. The van der Waals surface area contributed by atoms with Crippen LogP contribution in [0.15, 0.2) is 29.6 Å². The molecule has 138 valence electrons. The number of carbonyl (C=O) groups excluding carboxylic acids is 2. The number of halogens is 1. The Labute approximate surface area is 155 Å². The van der Waals surface area contributed by atoms with Crippen molar-refractivity contribution < 1.29 is 18.7 Å². The van der Waals surface area contributed by atoms with Crippen molar-refractivity contribution in [2.75, 3.05) is 48.9 Å². The Morgan fingerprint density at radius 2 is 2.08 bits per heavy atom. The lowest BCUT2D eigenvalue weighted by Gasteiger charge is -2.25. The molecular weight excluding hydrogens is 357 g/mol. The second-order valence-corrected chi connectivity index (χ2v) is 6.95. The number of ether oxygens (including phenoxy) is 1. The summed E-state index contributed by atoms with van der Waals surface area (Å²) in [5, 5.41) is 4.49. The van der Waals surface area contributed by atoms with Gasteiger partial charge >= 0.3 is 5.97 Å². The third kappa shape index (κ3) is 3.80. The predicted octanol–water partition coefficient (Wildman–Crippen LogP) is 2.96. The zero-order chi connectivity index (χ0) is 18.7. The van der Waals surface area contributed by atoms with Crippen molar-refractivity contribution in [3.05, 3.63) is 40.3 Å². The Kier molecular flexibility index (Phi) is 5.41. The number of esters is 1. The van der Waals surface area contributed by atoms with Crippen LogP contribution in [0.2, 0.25) is 0 Å². The van der Waals surface area contributed by atoms with Gasteiger partial charge in [-0.2, -0.15) is 0 Å². The fourth-order valence-electron chi connectivity index (χ4n) is 3.00. The van der Waals surface area contributed by atoms with E-state index in [4.69, 9.17) is 4.74 Å². The molecule has 2 heterocycles. The molecule has 1 aliphatic heterocycles. The molecule has 0 unspecified atom stereocenters. The van der Waals surface area contributed by atoms with Gasteiger partial charge in [0, 0.05) is 20.1 Å². The number of hydrogen-bond donors (Lipinski definition) is 1. The number of thiophene rings is 1. The van der Waals surface area contributed by atoms with Gasteiger partial charge in [-0.25, -0.2) is 9.18 Å². The first-order valence-electron chi connectivity index (χ1n) is 8.21. The molecule has 0 atom stereocenters. The maximum atomic E-state index is 13.6. The molecule has 1 aromatic carbocycles. The summed E-state index contributed by atoms with van der Waals surface area (Å²) in [5.74, 6) is -1.02. The van der Waals surface area contributed by atoms with Crippen molar-refractivity contribution in [1.29, 1.82) is 0 Å². The minimum absolute atomic E-state index is 0.114. The van der Waals surface area contributed by atoms with E-state index in [1.165, 1.54) is 30.6 Å². The van der Waals surface area contributed by atoms with Crippen LogP contribution in [0, 0.1) is 5.82 Å². The molecule has 1 aliphatic rings. The molecule has 0 bridgehead atoms. The number of fused-ring (bicyclic) bond motifs is 1. The predicted molar refractivity (Wildman–Crippen MR) is 101 cm³/mol. The molecule has 3 rings (SSSR count).